The van der Waals surface area contributed by atoms with Gasteiger partial charge >= 0.3 is 0 Å². The summed E-state index contributed by atoms with van der Waals surface area (Å²) in [6.45, 7) is 0.521. The molecule has 12 heteroatoms. The Morgan fingerprint density at radius 2 is 1.92 bits per heavy atom. The Morgan fingerprint density at radius 3 is 2.74 bits per heavy atom. The minimum Gasteiger partial charge on any atom is -0.328 e. The summed E-state index contributed by atoms with van der Waals surface area (Å²) in [5, 5.41) is 2.83. The topological polar surface area (TPSA) is 139 Å². The third-order valence-corrected chi connectivity index (χ3v) is 7.00. The van der Waals surface area contributed by atoms with Gasteiger partial charge in [0.2, 0.25) is 11.0 Å². The molecule has 2 aromatic heterocycles. The van der Waals surface area contributed by atoms with Gasteiger partial charge in [0.05, 0.1) is 29.6 Å². The number of amidine groups is 1. The van der Waals surface area contributed by atoms with Crippen molar-refractivity contribution in [2.45, 2.75) is 18.9 Å². The number of hydrogen-bond donors (Lipinski definition) is 2. The lowest BCUT2D eigenvalue weighted by atomic mass is 10.0. The fraction of sp³-hybridized carbons (Fsp3) is 0.148. The molecule has 1 aromatic carbocycles. The molecule has 1 saturated heterocycles. The van der Waals surface area contributed by atoms with Gasteiger partial charge in [-0.05, 0) is 54.8 Å². The Balaban J connectivity index is 1.39. The van der Waals surface area contributed by atoms with Crippen LogP contribution in [-0.2, 0) is 0 Å². The van der Waals surface area contributed by atoms with E-state index in [1.807, 2.05) is 6.07 Å². The maximum absolute atomic E-state index is 13.4. The van der Waals surface area contributed by atoms with Crippen LogP contribution < -0.4 is 11.2 Å². The normalized spacial score (nSPS) is 21.6. The molecular formula is C27H23ClN9O2+. The number of allylic oxidation sites excluding steroid dienone is 1. The van der Waals surface area contributed by atoms with Crippen LogP contribution in [0.2, 0.25) is 5.28 Å². The quantitative estimate of drug-likeness (QED) is 0.289. The molecule has 0 bridgehead atoms. The van der Waals surface area contributed by atoms with Crippen LogP contribution in [0.15, 0.2) is 94.7 Å². The van der Waals surface area contributed by atoms with Crippen LogP contribution in [0.4, 0.5) is 5.82 Å². The van der Waals surface area contributed by atoms with Crippen LogP contribution in [0.5, 0.6) is 0 Å². The molecule has 2 atom stereocenters. The monoisotopic (exact) mass is 540 g/mol. The summed E-state index contributed by atoms with van der Waals surface area (Å²) in [5.41, 5.74) is 2.39. The number of likely N-dealkylation sites (tertiary alicyclic amines) is 1. The minimum atomic E-state index is -0.368. The second-order valence-electron chi connectivity index (χ2n) is 9.14. The van der Waals surface area contributed by atoms with Crippen LogP contribution >= 0.6 is 11.6 Å². The van der Waals surface area contributed by atoms with E-state index >= 15 is 0 Å². The van der Waals surface area contributed by atoms with E-state index in [0.29, 0.717) is 47.1 Å². The Morgan fingerprint density at radius 1 is 1.08 bits per heavy atom. The molecule has 0 aliphatic carbocycles. The Bertz CT molecular complexity index is 1600. The highest BCUT2D eigenvalue weighted by Crippen LogP contribution is 2.38. The van der Waals surface area contributed by atoms with Crippen molar-refractivity contribution in [2.24, 2.45) is 15.8 Å². The summed E-state index contributed by atoms with van der Waals surface area (Å²) >= 11 is 5.94. The number of aliphatic imine (C=N–C) groups is 2. The lowest BCUT2D eigenvalue weighted by Gasteiger charge is -2.28. The highest BCUT2D eigenvalue weighted by molar-refractivity contribution is 6.28. The SMILES string of the molecule is N[N+]12C=CN=CC1=C(C1CCCN1C(=O)c1ccnc(Cl)n1)N=C2c1ccccc1C(=O)Nc1ccccn1. The number of benzene rings is 1. The number of halogens is 1. The Labute approximate surface area is 228 Å². The predicted molar refractivity (Wildman–Crippen MR) is 145 cm³/mol. The predicted octanol–water partition coefficient (Wildman–Crippen LogP) is 3.30. The molecule has 3 aliphatic rings. The van der Waals surface area contributed by atoms with Crippen molar-refractivity contribution in [3.05, 3.63) is 107 Å². The van der Waals surface area contributed by atoms with Crippen LogP contribution in [0, 0.1) is 0 Å². The number of nitrogens with two attached hydrogens (primary N) is 1. The lowest BCUT2D eigenvalue weighted by Crippen LogP contribution is -2.53. The van der Waals surface area contributed by atoms with Crippen LogP contribution in [0.25, 0.3) is 0 Å². The largest absolute Gasteiger partial charge is 0.328 e. The van der Waals surface area contributed by atoms with Gasteiger partial charge in [0.15, 0.2) is 0 Å². The molecule has 2 amide bonds. The molecule has 194 valence electrons. The van der Waals surface area contributed by atoms with E-state index in [0.717, 1.165) is 6.42 Å². The summed E-state index contributed by atoms with van der Waals surface area (Å²) in [6.07, 6.45) is 9.47. The summed E-state index contributed by atoms with van der Waals surface area (Å²) in [5.74, 6) is 7.21. The Hall–Kier alpha value is -4.58. The smallest absolute Gasteiger partial charge is 0.273 e. The second kappa shape index (κ2) is 9.95. The first-order chi connectivity index (χ1) is 19.0. The number of nitrogens with one attached hydrogen (secondary N) is 1. The fourth-order valence-corrected chi connectivity index (χ4v) is 5.17. The molecule has 3 aromatic rings. The van der Waals surface area contributed by atoms with Crippen LogP contribution in [-0.4, -0.2) is 60.9 Å². The molecule has 2 unspecified atom stereocenters. The van der Waals surface area contributed by atoms with E-state index in [4.69, 9.17) is 22.4 Å². The van der Waals surface area contributed by atoms with Crippen LogP contribution in [0.1, 0.15) is 39.3 Å². The standard InChI is InChI=1S/C27H22ClN9O2/c28-27-32-12-10-19(33-27)26(39)36-14-5-8-20(36)23-21-16-30-13-15-37(21,29)24(35-23)17-6-1-2-7-18(17)25(38)34-22-9-3-4-11-31-22/h1-4,6-7,9-13,15-16,20H,5,8,14,29H2/p+1. The van der Waals surface area contributed by atoms with E-state index in [1.54, 1.807) is 66.1 Å². The average molecular weight is 541 g/mol. The number of carbonyl (C=O) groups is 2. The van der Waals surface area contributed by atoms with Gasteiger partial charge in [0, 0.05) is 18.9 Å². The molecule has 6 rings (SSSR count). The second-order valence-corrected chi connectivity index (χ2v) is 9.48. The zero-order chi connectivity index (χ0) is 27.0. The number of fused-ring (bicyclic) bond motifs is 1. The summed E-state index contributed by atoms with van der Waals surface area (Å²) in [7, 11) is 0. The van der Waals surface area contributed by atoms with E-state index < -0.39 is 0 Å². The third kappa shape index (κ3) is 4.42. The molecule has 0 radical (unpaired) electrons. The maximum Gasteiger partial charge on any atom is 0.273 e. The number of aromatic nitrogens is 3. The zero-order valence-corrected chi connectivity index (χ0v) is 21.4. The zero-order valence-electron chi connectivity index (χ0n) is 20.6. The van der Waals surface area contributed by atoms with E-state index in [1.165, 1.54) is 12.3 Å². The number of amides is 2. The highest BCUT2D eigenvalue weighted by Gasteiger charge is 2.49. The van der Waals surface area contributed by atoms with E-state index in [-0.39, 0.29) is 33.4 Å². The Kier molecular flexibility index (Phi) is 6.31. The summed E-state index contributed by atoms with van der Waals surface area (Å²) < 4.78 is -0.287. The van der Waals surface area contributed by atoms with Gasteiger partial charge < -0.3 is 10.2 Å². The number of quaternary nitrogens is 1. The highest BCUT2D eigenvalue weighted by atomic mass is 35.5. The van der Waals surface area contributed by atoms with Gasteiger partial charge in [-0.3, -0.25) is 14.6 Å². The van der Waals surface area contributed by atoms with Gasteiger partial charge in [-0.2, -0.15) is 10.8 Å². The first-order valence-corrected chi connectivity index (χ1v) is 12.7. The first-order valence-electron chi connectivity index (χ1n) is 12.3. The number of pyridine rings is 1. The van der Waals surface area contributed by atoms with Crippen molar-refractivity contribution in [1.82, 2.24) is 19.9 Å². The minimum absolute atomic E-state index is 0.00239. The number of anilines is 1. The number of nitrogens with zero attached hydrogens (tertiary/aromatic N) is 7. The number of rotatable bonds is 5. The van der Waals surface area contributed by atoms with E-state index in [2.05, 4.69) is 25.3 Å². The van der Waals surface area contributed by atoms with Crippen molar-refractivity contribution in [2.75, 3.05) is 11.9 Å². The van der Waals surface area contributed by atoms with Gasteiger partial charge in [0.1, 0.15) is 23.4 Å². The summed E-state index contributed by atoms with van der Waals surface area (Å²) in [4.78, 5) is 50.0. The molecule has 0 spiro atoms. The maximum atomic E-state index is 13.4. The molecule has 3 N–H and O–H groups in total. The molecule has 3 aliphatic heterocycles. The van der Waals surface area contributed by atoms with Crippen molar-refractivity contribution in [1.29, 1.82) is 0 Å². The van der Waals surface area contributed by atoms with Crippen molar-refractivity contribution >= 4 is 41.3 Å². The van der Waals surface area contributed by atoms with Crippen molar-refractivity contribution < 1.29 is 14.2 Å². The van der Waals surface area contributed by atoms with Crippen molar-refractivity contribution in [3.8, 4) is 0 Å². The first kappa shape index (κ1) is 24.7. The van der Waals surface area contributed by atoms with Gasteiger partial charge in [-0.15, -0.1) is 4.59 Å². The molecule has 0 saturated carbocycles. The van der Waals surface area contributed by atoms with E-state index in [9.17, 15) is 9.59 Å². The number of hydrogen-bond acceptors (Lipinski definition) is 8. The number of carbonyl (C=O) groups excluding carboxylic acids is 2. The molecule has 1 fully saturated rings. The van der Waals surface area contributed by atoms with Crippen LogP contribution in [0.3, 0.4) is 0 Å². The van der Waals surface area contributed by atoms with Crippen molar-refractivity contribution in [3.63, 3.8) is 0 Å². The molecule has 39 heavy (non-hydrogen) atoms. The average Bonchev–Trinajstić information content (AvgIpc) is 3.55. The third-order valence-electron chi connectivity index (χ3n) is 6.82. The van der Waals surface area contributed by atoms with Gasteiger partial charge in [-0.25, -0.2) is 15.0 Å². The molecular weight excluding hydrogens is 518 g/mol. The van der Waals surface area contributed by atoms with Gasteiger partial charge in [-0.1, -0.05) is 18.2 Å². The summed E-state index contributed by atoms with van der Waals surface area (Å²) in [6, 6.07) is 13.6. The lowest BCUT2D eigenvalue weighted by molar-refractivity contribution is -0.750. The molecule has 5 heterocycles. The van der Waals surface area contributed by atoms with Gasteiger partial charge in [0.25, 0.3) is 17.6 Å². The molecule has 11 nitrogen and oxygen atoms in total. The fourth-order valence-electron chi connectivity index (χ4n) is 5.02.